The van der Waals surface area contributed by atoms with Crippen LogP contribution < -0.4 is 5.32 Å². The third kappa shape index (κ3) is 3.22. The fraction of sp³-hybridized carbons (Fsp3) is 0.750. The molecule has 0 aromatic carbocycles. The van der Waals surface area contributed by atoms with E-state index in [0.29, 0.717) is 17.5 Å². The molecule has 0 radical (unpaired) electrons. The van der Waals surface area contributed by atoms with E-state index < -0.39 is 0 Å². The highest BCUT2D eigenvalue weighted by Crippen LogP contribution is 2.33. The maximum absolute atomic E-state index is 12.2. The van der Waals surface area contributed by atoms with Crippen LogP contribution in [0.15, 0.2) is 0 Å². The molecule has 2 N–H and O–H groups in total. The molecule has 1 saturated heterocycles. The Kier molecular flexibility index (Phi) is 4.36. The minimum Gasteiger partial charge on any atom is -0.396 e. The van der Waals surface area contributed by atoms with E-state index in [1.54, 1.807) is 11.8 Å². The Morgan fingerprint density at radius 3 is 3.00 bits per heavy atom. The monoisotopic (exact) mass is 284 g/mol. The number of aliphatic hydroxyl groups excluding tert-OH is 1. The van der Waals surface area contributed by atoms with Crippen LogP contribution in [0.5, 0.6) is 0 Å². The first-order chi connectivity index (χ1) is 9.08. The molecule has 0 saturated carbocycles. The van der Waals surface area contributed by atoms with Gasteiger partial charge in [-0.3, -0.25) is 5.32 Å². The van der Waals surface area contributed by atoms with Gasteiger partial charge < -0.3 is 10.0 Å². The lowest BCUT2D eigenvalue weighted by molar-refractivity contribution is 0.0468. The quantitative estimate of drug-likeness (QED) is 0.888. The van der Waals surface area contributed by atoms with Crippen molar-refractivity contribution in [2.24, 2.45) is 5.41 Å². The third-order valence-electron chi connectivity index (χ3n) is 3.78. The van der Waals surface area contributed by atoms with Crippen LogP contribution in [0.4, 0.5) is 9.93 Å². The second-order valence-corrected chi connectivity index (χ2v) is 5.87. The Morgan fingerprint density at radius 2 is 2.42 bits per heavy atom. The predicted molar refractivity (Wildman–Crippen MR) is 74.3 cm³/mol. The molecular weight excluding hydrogens is 264 g/mol. The summed E-state index contributed by atoms with van der Waals surface area (Å²) in [6.07, 6.45) is 2.78. The van der Waals surface area contributed by atoms with E-state index in [0.717, 1.165) is 25.8 Å². The number of nitrogens with zero attached hydrogens (tertiary/aromatic N) is 3. The van der Waals surface area contributed by atoms with Gasteiger partial charge in [-0.25, -0.2) is 9.78 Å². The van der Waals surface area contributed by atoms with Crippen molar-refractivity contribution in [3.8, 4) is 0 Å². The number of hydrogen-bond donors (Lipinski definition) is 2. The summed E-state index contributed by atoms with van der Waals surface area (Å²) < 4.78 is 4.03. The first-order valence-corrected chi connectivity index (χ1v) is 7.33. The van der Waals surface area contributed by atoms with Crippen LogP contribution >= 0.6 is 11.5 Å². The van der Waals surface area contributed by atoms with E-state index in [9.17, 15) is 9.90 Å². The summed E-state index contributed by atoms with van der Waals surface area (Å²) in [4.78, 5) is 18.1. The highest BCUT2D eigenvalue weighted by molar-refractivity contribution is 7.09. The number of amides is 2. The molecule has 1 atom stereocenters. The molecule has 19 heavy (non-hydrogen) atoms. The zero-order chi connectivity index (χ0) is 13.9. The Balaban J connectivity index is 1.99. The Bertz CT molecular complexity index is 445. The molecule has 2 rings (SSSR count). The van der Waals surface area contributed by atoms with Crippen molar-refractivity contribution in [1.82, 2.24) is 14.3 Å². The first-order valence-electron chi connectivity index (χ1n) is 6.56. The number of aliphatic hydroxyl groups is 1. The molecule has 7 heteroatoms. The van der Waals surface area contributed by atoms with Gasteiger partial charge in [-0.05, 0) is 26.2 Å². The molecule has 1 aliphatic rings. The van der Waals surface area contributed by atoms with E-state index in [1.165, 1.54) is 11.5 Å². The largest absolute Gasteiger partial charge is 0.396 e. The Labute approximate surface area is 117 Å². The van der Waals surface area contributed by atoms with E-state index in [2.05, 4.69) is 21.6 Å². The van der Waals surface area contributed by atoms with E-state index in [-0.39, 0.29) is 18.1 Å². The van der Waals surface area contributed by atoms with Gasteiger partial charge in [0.25, 0.3) is 0 Å². The lowest BCUT2D eigenvalue weighted by atomic mass is 9.78. The lowest BCUT2D eigenvalue weighted by Gasteiger charge is -2.41. The van der Waals surface area contributed by atoms with Crippen molar-refractivity contribution >= 4 is 22.7 Å². The molecule has 2 heterocycles. The molecule has 0 spiro atoms. The van der Waals surface area contributed by atoms with Crippen LogP contribution in [0.3, 0.4) is 0 Å². The van der Waals surface area contributed by atoms with Crippen LogP contribution in [-0.4, -0.2) is 45.1 Å². The predicted octanol–water partition coefficient (Wildman–Crippen LogP) is 1.86. The molecular formula is C12H20N4O2S. The number of nitrogens with one attached hydrogen (secondary N) is 1. The van der Waals surface area contributed by atoms with E-state index in [1.807, 2.05) is 0 Å². The highest BCUT2D eigenvalue weighted by atomic mass is 32.1. The van der Waals surface area contributed by atoms with Crippen molar-refractivity contribution in [1.29, 1.82) is 0 Å². The fourth-order valence-electron chi connectivity index (χ4n) is 2.43. The van der Waals surface area contributed by atoms with Gasteiger partial charge in [0.15, 0.2) is 0 Å². The minimum atomic E-state index is -0.151. The van der Waals surface area contributed by atoms with Crippen LogP contribution in [-0.2, 0) is 0 Å². The van der Waals surface area contributed by atoms with Gasteiger partial charge in [0, 0.05) is 30.0 Å². The van der Waals surface area contributed by atoms with Crippen LogP contribution in [0.2, 0.25) is 0 Å². The Morgan fingerprint density at radius 1 is 1.63 bits per heavy atom. The summed E-state index contributed by atoms with van der Waals surface area (Å²) in [7, 11) is 0. The SMILES string of the molecule is CCC1(CO)CCCN(C(=O)Nc2nc(C)ns2)C1. The van der Waals surface area contributed by atoms with E-state index in [4.69, 9.17) is 0 Å². The average molecular weight is 284 g/mol. The van der Waals surface area contributed by atoms with Crippen molar-refractivity contribution in [2.45, 2.75) is 33.1 Å². The number of aromatic nitrogens is 2. The number of piperidine rings is 1. The molecule has 1 unspecified atom stereocenters. The molecule has 1 aliphatic heterocycles. The molecule has 106 valence electrons. The molecule has 6 nitrogen and oxygen atoms in total. The summed E-state index contributed by atoms with van der Waals surface area (Å²) in [5.41, 5.74) is -0.146. The maximum atomic E-state index is 12.2. The molecule has 1 aromatic heterocycles. The molecule has 0 bridgehead atoms. The fourth-order valence-corrected chi connectivity index (χ4v) is 2.99. The maximum Gasteiger partial charge on any atom is 0.323 e. The summed E-state index contributed by atoms with van der Waals surface area (Å²) in [5.74, 6) is 0.664. The molecule has 1 aromatic rings. The van der Waals surface area contributed by atoms with Crippen molar-refractivity contribution in [3.05, 3.63) is 5.82 Å². The van der Waals surface area contributed by atoms with Crippen LogP contribution in [0.25, 0.3) is 0 Å². The number of carbonyl (C=O) groups is 1. The lowest BCUT2D eigenvalue weighted by Crippen LogP contribution is -2.49. The zero-order valence-electron chi connectivity index (χ0n) is 11.3. The Hall–Kier alpha value is -1.21. The number of urea groups is 1. The number of aryl methyl sites for hydroxylation is 1. The molecule has 0 aliphatic carbocycles. The second-order valence-electron chi connectivity index (χ2n) is 5.11. The highest BCUT2D eigenvalue weighted by Gasteiger charge is 2.35. The van der Waals surface area contributed by atoms with Gasteiger partial charge in [0.1, 0.15) is 5.82 Å². The second kappa shape index (κ2) is 5.83. The topological polar surface area (TPSA) is 78.4 Å². The number of likely N-dealkylation sites (tertiary alicyclic amines) is 1. The average Bonchev–Trinajstić information content (AvgIpc) is 2.84. The normalized spacial score (nSPS) is 23.4. The van der Waals surface area contributed by atoms with Gasteiger partial charge in [0.2, 0.25) is 5.13 Å². The minimum absolute atomic E-state index is 0.130. The van der Waals surface area contributed by atoms with E-state index >= 15 is 0 Å². The summed E-state index contributed by atoms with van der Waals surface area (Å²) in [6, 6.07) is -0.151. The summed E-state index contributed by atoms with van der Waals surface area (Å²) in [6.45, 7) is 5.31. The molecule has 1 fully saturated rings. The van der Waals surface area contributed by atoms with Crippen LogP contribution in [0.1, 0.15) is 32.0 Å². The van der Waals surface area contributed by atoms with Crippen molar-refractivity contribution in [3.63, 3.8) is 0 Å². The standard InChI is InChI=1S/C12H20N4O2S/c1-3-12(8-17)5-4-6-16(7-12)11(18)14-10-13-9(2)15-19-10/h17H,3-8H2,1-2H3,(H,13,14,15,18). The van der Waals surface area contributed by atoms with Gasteiger partial charge in [-0.1, -0.05) is 6.92 Å². The summed E-state index contributed by atoms with van der Waals surface area (Å²) >= 11 is 1.18. The number of anilines is 1. The van der Waals surface area contributed by atoms with Crippen molar-refractivity contribution in [2.75, 3.05) is 25.0 Å². The number of rotatable bonds is 3. The van der Waals surface area contributed by atoms with Gasteiger partial charge in [-0.2, -0.15) is 4.37 Å². The smallest absolute Gasteiger partial charge is 0.323 e. The van der Waals surface area contributed by atoms with Crippen molar-refractivity contribution < 1.29 is 9.90 Å². The molecule has 2 amide bonds. The van der Waals surface area contributed by atoms with Crippen LogP contribution in [0, 0.1) is 12.3 Å². The number of hydrogen-bond acceptors (Lipinski definition) is 5. The summed E-state index contributed by atoms with van der Waals surface area (Å²) in [5, 5.41) is 12.9. The van der Waals surface area contributed by atoms with Gasteiger partial charge in [0.05, 0.1) is 6.61 Å². The zero-order valence-corrected chi connectivity index (χ0v) is 12.2. The third-order valence-corrected chi connectivity index (χ3v) is 4.50. The number of carbonyl (C=O) groups excluding carboxylic acids is 1. The van der Waals surface area contributed by atoms with Gasteiger partial charge >= 0.3 is 6.03 Å². The van der Waals surface area contributed by atoms with Gasteiger partial charge in [-0.15, -0.1) is 0 Å². The first kappa shape index (κ1) is 14.2.